The van der Waals surface area contributed by atoms with Gasteiger partial charge in [-0.3, -0.25) is 4.68 Å². The molecule has 1 aliphatic carbocycles. The van der Waals surface area contributed by atoms with Crippen LogP contribution in [0.15, 0.2) is 0 Å². The van der Waals surface area contributed by atoms with Crippen LogP contribution in [0.3, 0.4) is 0 Å². The molecule has 1 atom stereocenters. The van der Waals surface area contributed by atoms with Gasteiger partial charge in [-0.2, -0.15) is 5.10 Å². The minimum Gasteiger partial charge on any atom is -0.394 e. The number of hydrogen-bond acceptors (Lipinski definition) is 3. The molecule has 114 valence electrons. The molecule has 0 amide bonds. The summed E-state index contributed by atoms with van der Waals surface area (Å²) in [6.45, 7) is 11.6. The lowest BCUT2D eigenvalue weighted by molar-refractivity contribution is 0.109. The molecule has 1 aromatic rings. The maximum absolute atomic E-state index is 10.0. The van der Waals surface area contributed by atoms with E-state index in [0.29, 0.717) is 12.0 Å². The van der Waals surface area contributed by atoms with Crippen molar-refractivity contribution in [1.82, 2.24) is 15.1 Å². The summed E-state index contributed by atoms with van der Waals surface area (Å²) in [6, 6.07) is 0.366. The van der Waals surface area contributed by atoms with E-state index in [1.165, 1.54) is 24.1 Å². The summed E-state index contributed by atoms with van der Waals surface area (Å²) in [7, 11) is 0. The average Bonchev–Trinajstić information content (AvgIpc) is 3.18. The van der Waals surface area contributed by atoms with Crippen LogP contribution < -0.4 is 5.32 Å². The van der Waals surface area contributed by atoms with Crippen LogP contribution in [-0.4, -0.2) is 33.1 Å². The van der Waals surface area contributed by atoms with Gasteiger partial charge in [0, 0.05) is 11.7 Å². The van der Waals surface area contributed by atoms with Gasteiger partial charge in [0.2, 0.25) is 0 Å². The fourth-order valence-electron chi connectivity index (χ4n) is 3.40. The van der Waals surface area contributed by atoms with Crippen LogP contribution in [0, 0.1) is 19.8 Å². The van der Waals surface area contributed by atoms with Crippen LogP contribution in [0.1, 0.15) is 50.6 Å². The average molecular weight is 279 g/mol. The first kappa shape index (κ1) is 15.5. The molecule has 1 aromatic heterocycles. The highest BCUT2D eigenvalue weighted by molar-refractivity contribution is 5.24. The maximum Gasteiger partial charge on any atom is 0.0643 e. The number of nitrogens with zero attached hydrogens (tertiary/aromatic N) is 2. The van der Waals surface area contributed by atoms with Crippen molar-refractivity contribution in [3.05, 3.63) is 17.0 Å². The highest BCUT2D eigenvalue weighted by atomic mass is 16.3. The standard InChI is InChI=1S/C16H29N3O/c1-6-15-12(4)18-19(13(15)5)9-16(10-20,14-7-8-14)17-11(2)3/h11,14,17,20H,6-10H2,1-5H3. The summed E-state index contributed by atoms with van der Waals surface area (Å²) in [4.78, 5) is 0. The zero-order valence-electron chi connectivity index (χ0n) is 13.5. The van der Waals surface area contributed by atoms with E-state index in [-0.39, 0.29) is 12.1 Å². The number of aryl methyl sites for hydroxylation is 1. The molecule has 0 saturated heterocycles. The number of nitrogens with one attached hydrogen (secondary N) is 1. The number of rotatable bonds is 7. The molecule has 0 spiro atoms. The topological polar surface area (TPSA) is 50.1 Å². The van der Waals surface area contributed by atoms with E-state index in [4.69, 9.17) is 5.10 Å². The van der Waals surface area contributed by atoms with E-state index in [1.807, 2.05) is 0 Å². The lowest BCUT2D eigenvalue weighted by Crippen LogP contribution is -2.56. The van der Waals surface area contributed by atoms with Crippen LogP contribution >= 0.6 is 0 Å². The molecule has 0 bridgehead atoms. The van der Waals surface area contributed by atoms with Gasteiger partial charge in [0.15, 0.2) is 0 Å². The van der Waals surface area contributed by atoms with Crippen molar-refractivity contribution in [2.75, 3.05) is 6.61 Å². The Kier molecular flexibility index (Phi) is 4.55. The Morgan fingerprint density at radius 3 is 2.45 bits per heavy atom. The summed E-state index contributed by atoms with van der Waals surface area (Å²) in [6.07, 6.45) is 3.44. The molecule has 1 fully saturated rings. The van der Waals surface area contributed by atoms with Crippen molar-refractivity contribution in [2.24, 2.45) is 5.92 Å². The first-order valence-electron chi connectivity index (χ1n) is 7.85. The van der Waals surface area contributed by atoms with E-state index >= 15 is 0 Å². The molecule has 1 aliphatic rings. The summed E-state index contributed by atoms with van der Waals surface area (Å²) < 4.78 is 2.10. The first-order chi connectivity index (χ1) is 9.43. The Bertz CT molecular complexity index is 463. The molecular formula is C16H29N3O. The summed E-state index contributed by atoms with van der Waals surface area (Å²) in [5, 5.41) is 18.3. The second kappa shape index (κ2) is 5.86. The summed E-state index contributed by atoms with van der Waals surface area (Å²) in [5.74, 6) is 0.573. The Morgan fingerprint density at radius 1 is 1.40 bits per heavy atom. The van der Waals surface area contributed by atoms with Crippen LogP contribution in [-0.2, 0) is 13.0 Å². The molecule has 2 rings (SSSR count). The van der Waals surface area contributed by atoms with Crippen molar-refractivity contribution in [2.45, 2.75) is 72.0 Å². The number of aliphatic hydroxyl groups is 1. The van der Waals surface area contributed by atoms with Crippen LogP contribution in [0.4, 0.5) is 0 Å². The Labute approximate surface area is 122 Å². The molecule has 1 unspecified atom stereocenters. The normalized spacial score (nSPS) is 18.6. The van der Waals surface area contributed by atoms with Crippen molar-refractivity contribution in [3.63, 3.8) is 0 Å². The van der Waals surface area contributed by atoms with Gasteiger partial charge < -0.3 is 10.4 Å². The number of aliphatic hydroxyl groups excluding tert-OH is 1. The molecule has 20 heavy (non-hydrogen) atoms. The minimum absolute atomic E-state index is 0.176. The van der Waals surface area contributed by atoms with Gasteiger partial charge in [0.05, 0.1) is 24.4 Å². The molecular weight excluding hydrogens is 250 g/mol. The summed E-state index contributed by atoms with van der Waals surface area (Å²) in [5.41, 5.74) is 3.49. The van der Waals surface area contributed by atoms with E-state index in [2.05, 4.69) is 44.6 Å². The van der Waals surface area contributed by atoms with E-state index in [0.717, 1.165) is 18.7 Å². The molecule has 2 N–H and O–H groups in total. The van der Waals surface area contributed by atoms with E-state index < -0.39 is 0 Å². The summed E-state index contributed by atoms with van der Waals surface area (Å²) >= 11 is 0. The molecule has 4 nitrogen and oxygen atoms in total. The minimum atomic E-state index is -0.220. The van der Waals surface area contributed by atoms with Gasteiger partial charge in [-0.1, -0.05) is 20.8 Å². The van der Waals surface area contributed by atoms with E-state index in [1.54, 1.807) is 0 Å². The van der Waals surface area contributed by atoms with Crippen molar-refractivity contribution >= 4 is 0 Å². The van der Waals surface area contributed by atoms with E-state index in [9.17, 15) is 5.11 Å². The van der Waals surface area contributed by atoms with Crippen molar-refractivity contribution in [3.8, 4) is 0 Å². The third kappa shape index (κ3) is 2.91. The molecule has 4 heteroatoms. The second-order valence-electron chi connectivity index (χ2n) is 6.55. The largest absolute Gasteiger partial charge is 0.394 e. The third-order valence-electron chi connectivity index (χ3n) is 4.53. The predicted octanol–water partition coefficient (Wildman–Crippen LogP) is 2.20. The van der Waals surface area contributed by atoms with Crippen LogP contribution in [0.25, 0.3) is 0 Å². The second-order valence-corrected chi connectivity index (χ2v) is 6.55. The monoisotopic (exact) mass is 279 g/mol. The molecule has 0 radical (unpaired) electrons. The highest BCUT2D eigenvalue weighted by Crippen LogP contribution is 2.41. The Hall–Kier alpha value is -0.870. The quantitative estimate of drug-likeness (QED) is 0.804. The van der Waals surface area contributed by atoms with Gasteiger partial charge in [-0.15, -0.1) is 0 Å². The SMILES string of the molecule is CCc1c(C)nn(CC(CO)(NC(C)C)C2CC2)c1C. The fourth-order valence-corrected chi connectivity index (χ4v) is 3.40. The van der Waals surface area contributed by atoms with Crippen LogP contribution in [0.2, 0.25) is 0 Å². The molecule has 1 heterocycles. The Morgan fingerprint density at radius 2 is 2.05 bits per heavy atom. The van der Waals surface area contributed by atoms with Crippen molar-refractivity contribution in [1.29, 1.82) is 0 Å². The zero-order valence-corrected chi connectivity index (χ0v) is 13.5. The molecule has 0 aliphatic heterocycles. The van der Waals surface area contributed by atoms with Crippen LogP contribution in [0.5, 0.6) is 0 Å². The van der Waals surface area contributed by atoms with Gasteiger partial charge in [-0.25, -0.2) is 0 Å². The third-order valence-corrected chi connectivity index (χ3v) is 4.53. The van der Waals surface area contributed by atoms with Gasteiger partial charge in [0.25, 0.3) is 0 Å². The molecule has 0 aromatic carbocycles. The smallest absolute Gasteiger partial charge is 0.0643 e. The zero-order chi connectivity index (χ0) is 14.9. The van der Waals surface area contributed by atoms with Gasteiger partial charge in [-0.05, 0) is 44.6 Å². The maximum atomic E-state index is 10.0. The lowest BCUT2D eigenvalue weighted by Gasteiger charge is -2.35. The lowest BCUT2D eigenvalue weighted by atomic mass is 9.92. The fraction of sp³-hybridized carbons (Fsp3) is 0.812. The van der Waals surface area contributed by atoms with Crippen molar-refractivity contribution < 1.29 is 5.11 Å². The predicted molar refractivity (Wildman–Crippen MR) is 81.9 cm³/mol. The van der Waals surface area contributed by atoms with Gasteiger partial charge in [0.1, 0.15) is 0 Å². The number of aromatic nitrogens is 2. The Balaban J connectivity index is 2.28. The van der Waals surface area contributed by atoms with Gasteiger partial charge >= 0.3 is 0 Å². The number of hydrogen-bond donors (Lipinski definition) is 2. The first-order valence-corrected chi connectivity index (χ1v) is 7.85. The highest BCUT2D eigenvalue weighted by Gasteiger charge is 2.45. The molecule has 1 saturated carbocycles.